The van der Waals surface area contributed by atoms with Gasteiger partial charge in [0.25, 0.3) is 5.91 Å². The van der Waals surface area contributed by atoms with Crippen LogP contribution in [0.15, 0.2) is 23.0 Å². The number of alkyl halides is 3. The monoisotopic (exact) mass is 675 g/mol. The first-order valence-electron chi connectivity index (χ1n) is 16.9. The summed E-state index contributed by atoms with van der Waals surface area (Å²) >= 11 is 0. The summed E-state index contributed by atoms with van der Waals surface area (Å²) in [5.41, 5.74) is -0.974. The third-order valence-electron chi connectivity index (χ3n) is 11.3. The summed E-state index contributed by atoms with van der Waals surface area (Å²) in [5, 5.41) is 45.4. The van der Waals surface area contributed by atoms with E-state index in [9.17, 15) is 34.8 Å². The maximum Gasteiger partial charge on any atom is 0.417 e. The Hall–Kier alpha value is -3.42. The molecule has 0 spiro atoms. The SMILES string of the molecule is CN(C)[C@@H]1C(=O)C(C(N)=O)=C(O)[C@@]2(O)C(=O)C3=C(O)c4c(O)cc(CN(CCC5CCCCC5)CC5CC5)c(C(F)(F)F)c4C[C@H]3C[C@@H]12. The number of aromatic hydroxyl groups is 1. The lowest BCUT2D eigenvalue weighted by Crippen LogP contribution is -2.65. The lowest BCUT2D eigenvalue weighted by atomic mass is 9.57. The van der Waals surface area contributed by atoms with Crippen LogP contribution in [-0.2, 0) is 33.5 Å². The van der Waals surface area contributed by atoms with E-state index in [1.165, 1.54) is 25.4 Å². The summed E-state index contributed by atoms with van der Waals surface area (Å²) in [6.07, 6.45) is 3.12. The van der Waals surface area contributed by atoms with Gasteiger partial charge in [0.15, 0.2) is 11.4 Å². The first-order chi connectivity index (χ1) is 22.5. The van der Waals surface area contributed by atoms with Crippen molar-refractivity contribution < 1.29 is 48.0 Å². The van der Waals surface area contributed by atoms with Crippen LogP contribution in [0, 0.1) is 23.7 Å². The van der Waals surface area contributed by atoms with Gasteiger partial charge in [-0.3, -0.25) is 24.2 Å². The first kappa shape index (κ1) is 34.4. The zero-order chi connectivity index (χ0) is 34.9. The molecule has 262 valence electrons. The Morgan fingerprint density at radius 3 is 2.29 bits per heavy atom. The van der Waals surface area contributed by atoms with Crippen molar-refractivity contribution in [1.82, 2.24) is 9.80 Å². The molecule has 0 aromatic heterocycles. The second-order valence-electron chi connectivity index (χ2n) is 14.7. The van der Waals surface area contributed by atoms with Crippen molar-refractivity contribution in [2.45, 2.75) is 88.6 Å². The maximum absolute atomic E-state index is 15.1. The minimum Gasteiger partial charge on any atom is -0.508 e. The number of hydrogen-bond donors (Lipinski definition) is 5. The lowest BCUT2D eigenvalue weighted by Gasteiger charge is -2.50. The van der Waals surface area contributed by atoms with Crippen molar-refractivity contribution in [3.8, 4) is 5.75 Å². The van der Waals surface area contributed by atoms with Crippen molar-refractivity contribution in [3.05, 3.63) is 45.2 Å². The summed E-state index contributed by atoms with van der Waals surface area (Å²) in [7, 11) is 2.92. The van der Waals surface area contributed by atoms with Crippen LogP contribution in [0.3, 0.4) is 0 Å². The smallest absolute Gasteiger partial charge is 0.417 e. The predicted octanol–water partition coefficient (Wildman–Crippen LogP) is 4.17. The molecule has 0 bridgehead atoms. The van der Waals surface area contributed by atoms with Crippen molar-refractivity contribution in [2.24, 2.45) is 29.4 Å². The molecule has 0 heterocycles. The van der Waals surface area contributed by atoms with E-state index in [2.05, 4.69) is 0 Å². The van der Waals surface area contributed by atoms with Gasteiger partial charge in [0.05, 0.1) is 17.2 Å². The number of amides is 1. The number of halogens is 3. The van der Waals surface area contributed by atoms with Crippen LogP contribution in [0.25, 0.3) is 5.76 Å². The topological polar surface area (TPSA) is 165 Å². The van der Waals surface area contributed by atoms with Gasteiger partial charge >= 0.3 is 6.18 Å². The molecule has 5 aliphatic carbocycles. The number of nitrogens with zero attached hydrogens (tertiary/aromatic N) is 2. The van der Waals surface area contributed by atoms with Crippen LogP contribution in [-0.4, -0.2) is 86.5 Å². The number of carbonyl (C=O) groups is 3. The second-order valence-corrected chi connectivity index (χ2v) is 14.7. The van der Waals surface area contributed by atoms with Gasteiger partial charge in [0.2, 0.25) is 5.78 Å². The Morgan fingerprint density at radius 2 is 1.71 bits per heavy atom. The Balaban J connectivity index is 1.43. The van der Waals surface area contributed by atoms with Crippen molar-refractivity contribution in [2.75, 3.05) is 27.2 Å². The quantitative estimate of drug-likeness (QED) is 0.242. The van der Waals surface area contributed by atoms with Gasteiger partial charge in [-0.15, -0.1) is 0 Å². The fourth-order valence-corrected chi connectivity index (χ4v) is 8.84. The summed E-state index contributed by atoms with van der Waals surface area (Å²) in [4.78, 5) is 42.9. The molecular formula is C35H44F3N3O7. The number of likely N-dealkylation sites (N-methyl/N-ethyl adjacent to an activating group) is 1. The Labute approximate surface area is 277 Å². The van der Waals surface area contributed by atoms with E-state index in [1.54, 1.807) is 0 Å². The summed E-state index contributed by atoms with van der Waals surface area (Å²) < 4.78 is 45.2. The molecule has 5 aliphatic rings. The Kier molecular flexibility index (Phi) is 8.95. The maximum atomic E-state index is 15.1. The molecule has 10 nitrogen and oxygen atoms in total. The van der Waals surface area contributed by atoms with Crippen molar-refractivity contribution in [1.29, 1.82) is 0 Å². The fourth-order valence-electron chi connectivity index (χ4n) is 8.84. The Bertz CT molecular complexity index is 1590. The van der Waals surface area contributed by atoms with Crippen molar-refractivity contribution in [3.63, 3.8) is 0 Å². The third kappa shape index (κ3) is 5.81. The van der Waals surface area contributed by atoms with Crippen LogP contribution in [0.2, 0.25) is 0 Å². The number of aliphatic hydroxyl groups excluding tert-OH is 2. The molecule has 48 heavy (non-hydrogen) atoms. The number of phenols is 1. The van der Waals surface area contributed by atoms with E-state index in [4.69, 9.17) is 5.73 Å². The number of primary amides is 1. The first-order valence-corrected chi connectivity index (χ1v) is 16.9. The number of phenolic OH excluding ortho intramolecular Hbond substituents is 1. The number of nitrogens with two attached hydrogens (primary N) is 1. The number of hydrogen-bond acceptors (Lipinski definition) is 9. The molecule has 4 atom stereocenters. The second kappa shape index (κ2) is 12.5. The molecule has 1 amide bonds. The minimum atomic E-state index is -4.87. The van der Waals surface area contributed by atoms with Crippen LogP contribution in [0.4, 0.5) is 13.2 Å². The van der Waals surface area contributed by atoms with Crippen LogP contribution >= 0.6 is 0 Å². The number of aliphatic hydroxyl groups is 3. The molecule has 0 saturated heterocycles. The fraction of sp³-hybridized carbons (Fsp3) is 0.629. The van der Waals surface area contributed by atoms with E-state index in [0.717, 1.165) is 51.0 Å². The molecule has 6 rings (SSSR count). The molecule has 0 radical (unpaired) electrons. The highest BCUT2D eigenvalue weighted by Gasteiger charge is 2.64. The van der Waals surface area contributed by atoms with Gasteiger partial charge in [-0.05, 0) is 87.7 Å². The van der Waals surface area contributed by atoms with E-state index in [1.807, 2.05) is 4.90 Å². The van der Waals surface area contributed by atoms with Gasteiger partial charge in [0.1, 0.15) is 22.8 Å². The van der Waals surface area contributed by atoms with Gasteiger partial charge < -0.3 is 26.2 Å². The van der Waals surface area contributed by atoms with Gasteiger partial charge in [-0.1, -0.05) is 32.1 Å². The summed E-state index contributed by atoms with van der Waals surface area (Å²) in [5.74, 6) is -7.92. The number of carbonyl (C=O) groups excluding carboxylic acids is 3. The standard InChI is InChI=1S/C35H44F3N3O7/c1-40(2)28-22-13-19-12-21-25(29(43)24(19)31(45)34(22,48)32(46)26(30(28)44)33(39)47)23(42)14-20(27(21)35(36,37)38)16-41(15-18-8-9-18)11-10-17-6-4-3-5-7-17/h14,17-19,22,28,42-43,46,48H,3-13,15-16H2,1-2H3,(H2,39,47)/t19-,22-,28-,34-/m0/s1. The van der Waals surface area contributed by atoms with Gasteiger partial charge in [0, 0.05) is 24.6 Å². The van der Waals surface area contributed by atoms with E-state index < -0.39 is 93.1 Å². The van der Waals surface area contributed by atoms with Gasteiger partial charge in [-0.25, -0.2) is 0 Å². The number of ketones is 2. The molecule has 1 aromatic rings. The predicted molar refractivity (Wildman–Crippen MR) is 168 cm³/mol. The van der Waals surface area contributed by atoms with Gasteiger partial charge in [-0.2, -0.15) is 13.2 Å². The molecular weight excluding hydrogens is 631 g/mol. The number of fused-ring (bicyclic) bond motifs is 3. The highest BCUT2D eigenvalue weighted by atomic mass is 19.4. The number of rotatable bonds is 9. The molecule has 6 N–H and O–H groups in total. The van der Waals surface area contributed by atoms with Crippen LogP contribution in [0.1, 0.15) is 80.0 Å². The third-order valence-corrected chi connectivity index (χ3v) is 11.3. The molecule has 3 fully saturated rings. The van der Waals surface area contributed by atoms with E-state index in [-0.39, 0.29) is 24.1 Å². The highest BCUT2D eigenvalue weighted by Crippen LogP contribution is 2.54. The number of benzene rings is 1. The van der Waals surface area contributed by atoms with E-state index in [0.29, 0.717) is 24.9 Å². The van der Waals surface area contributed by atoms with Crippen LogP contribution in [0.5, 0.6) is 5.75 Å². The average Bonchev–Trinajstić information content (AvgIpc) is 3.81. The minimum absolute atomic E-state index is 0.0476. The molecule has 1 aromatic carbocycles. The normalized spacial score (nSPS) is 28.2. The summed E-state index contributed by atoms with van der Waals surface area (Å²) in [6, 6.07) is -0.321. The highest BCUT2D eigenvalue weighted by molar-refractivity contribution is 6.24. The zero-order valence-corrected chi connectivity index (χ0v) is 27.3. The zero-order valence-electron chi connectivity index (χ0n) is 27.3. The lowest BCUT2D eigenvalue weighted by molar-refractivity contribution is -0.153. The molecule has 3 saturated carbocycles. The van der Waals surface area contributed by atoms with Crippen LogP contribution < -0.4 is 5.73 Å². The van der Waals surface area contributed by atoms with Crippen molar-refractivity contribution >= 4 is 23.2 Å². The molecule has 0 unspecified atom stereocenters. The van der Waals surface area contributed by atoms with E-state index >= 15 is 13.2 Å². The molecule has 13 heteroatoms. The number of Topliss-reactive ketones (excluding diaryl/α,β-unsaturated/α-hetero) is 2. The largest absolute Gasteiger partial charge is 0.508 e. The summed E-state index contributed by atoms with van der Waals surface area (Å²) in [6.45, 7) is 1.24. The Morgan fingerprint density at radius 1 is 1.04 bits per heavy atom. The molecule has 0 aliphatic heterocycles. The average molecular weight is 676 g/mol.